The third-order valence-corrected chi connectivity index (χ3v) is 8.33. The van der Waals surface area contributed by atoms with E-state index in [1.54, 1.807) is 36.4 Å². The number of rotatable bonds is 3. The number of hydrogen-bond acceptors (Lipinski definition) is 4. The first kappa shape index (κ1) is 19.3. The van der Waals surface area contributed by atoms with Gasteiger partial charge in [-0.05, 0) is 12.1 Å². The van der Waals surface area contributed by atoms with Gasteiger partial charge in [-0.25, -0.2) is 22.0 Å². The Hall–Kier alpha value is -2.62. The first-order chi connectivity index (χ1) is 14.4. The molecular formula is C21H7F5OS3. The normalized spacial score (nSPS) is 11.6. The molecule has 9 heteroatoms. The molecule has 0 aliphatic carbocycles. The van der Waals surface area contributed by atoms with E-state index in [-0.39, 0.29) is 10.7 Å². The molecule has 0 saturated heterocycles. The van der Waals surface area contributed by atoms with Gasteiger partial charge < -0.3 is 0 Å². The molecular weight excluding hydrogens is 459 g/mol. The third-order valence-electron chi connectivity index (χ3n) is 4.54. The second-order valence-corrected chi connectivity index (χ2v) is 9.54. The Bertz CT molecular complexity index is 1430. The van der Waals surface area contributed by atoms with Crippen LogP contribution in [-0.2, 0) is 0 Å². The molecule has 0 fully saturated rings. The standard InChI is InChI=1S/C21H7F5OS3/c22-14-13(15(23)17(25)18(26)16(14)24)9-6-11-20(29-9)21-12(28-11)7-10(30-21)19(27)8-4-2-1-3-5-8/h1-7H. The number of fused-ring (bicyclic) bond motifs is 3. The number of carbonyl (C=O) groups excluding carboxylic acids is 1. The molecule has 0 unspecified atom stereocenters. The Labute approximate surface area is 177 Å². The maximum atomic E-state index is 14.2. The zero-order chi connectivity index (χ0) is 21.2. The molecule has 2 aromatic carbocycles. The van der Waals surface area contributed by atoms with E-state index in [4.69, 9.17) is 0 Å². The summed E-state index contributed by atoms with van der Waals surface area (Å²) in [4.78, 5) is 13.1. The summed E-state index contributed by atoms with van der Waals surface area (Å²) >= 11 is 3.47. The lowest BCUT2D eigenvalue weighted by atomic mass is 10.1. The van der Waals surface area contributed by atoms with Crippen LogP contribution in [0.3, 0.4) is 0 Å². The fraction of sp³-hybridized carbons (Fsp3) is 0. The van der Waals surface area contributed by atoms with E-state index >= 15 is 0 Å². The quantitative estimate of drug-likeness (QED) is 0.115. The van der Waals surface area contributed by atoms with Gasteiger partial charge in [-0.3, -0.25) is 4.79 Å². The van der Waals surface area contributed by atoms with Crippen molar-refractivity contribution >= 4 is 58.6 Å². The van der Waals surface area contributed by atoms with Crippen LogP contribution in [0.25, 0.3) is 29.2 Å². The van der Waals surface area contributed by atoms with Crippen LogP contribution in [0.1, 0.15) is 15.2 Å². The van der Waals surface area contributed by atoms with Crippen LogP contribution in [0.15, 0.2) is 42.5 Å². The zero-order valence-corrected chi connectivity index (χ0v) is 17.0. The van der Waals surface area contributed by atoms with Crippen LogP contribution in [0.4, 0.5) is 22.0 Å². The summed E-state index contributed by atoms with van der Waals surface area (Å²) < 4.78 is 71.7. The predicted molar refractivity (Wildman–Crippen MR) is 110 cm³/mol. The van der Waals surface area contributed by atoms with Gasteiger partial charge in [0.15, 0.2) is 23.3 Å². The van der Waals surface area contributed by atoms with Crippen molar-refractivity contribution in [1.82, 2.24) is 0 Å². The van der Waals surface area contributed by atoms with E-state index in [0.29, 0.717) is 19.8 Å². The van der Waals surface area contributed by atoms with Crippen molar-refractivity contribution in [3.05, 3.63) is 82.0 Å². The molecule has 0 N–H and O–H groups in total. The number of thiophene rings is 3. The molecule has 3 heterocycles. The van der Waals surface area contributed by atoms with Crippen LogP contribution in [0, 0.1) is 29.1 Å². The van der Waals surface area contributed by atoms with Crippen LogP contribution in [0.2, 0.25) is 0 Å². The van der Waals surface area contributed by atoms with Crippen molar-refractivity contribution < 1.29 is 26.7 Å². The van der Waals surface area contributed by atoms with E-state index in [0.717, 1.165) is 20.7 Å². The van der Waals surface area contributed by atoms with Crippen molar-refractivity contribution in [1.29, 1.82) is 0 Å². The van der Waals surface area contributed by atoms with Crippen molar-refractivity contribution in [2.24, 2.45) is 0 Å². The maximum absolute atomic E-state index is 14.2. The first-order valence-corrected chi connectivity index (χ1v) is 10.9. The summed E-state index contributed by atoms with van der Waals surface area (Å²) in [5.74, 6) is -9.99. The molecule has 3 aromatic heterocycles. The zero-order valence-electron chi connectivity index (χ0n) is 14.6. The molecule has 30 heavy (non-hydrogen) atoms. The number of halogens is 5. The highest BCUT2D eigenvalue weighted by Crippen LogP contribution is 2.47. The van der Waals surface area contributed by atoms with Crippen LogP contribution < -0.4 is 0 Å². The Balaban J connectivity index is 1.65. The molecule has 0 radical (unpaired) electrons. The summed E-state index contributed by atoms with van der Waals surface area (Å²) in [6.07, 6.45) is 0. The van der Waals surface area contributed by atoms with Crippen molar-refractivity contribution in [2.45, 2.75) is 0 Å². The van der Waals surface area contributed by atoms with Crippen LogP contribution in [0.5, 0.6) is 0 Å². The summed E-state index contributed by atoms with van der Waals surface area (Å²) in [5.41, 5.74) is -0.402. The summed E-state index contributed by atoms with van der Waals surface area (Å²) in [6.45, 7) is 0. The molecule has 0 amide bonds. The molecule has 0 aliphatic heterocycles. The third kappa shape index (κ3) is 2.80. The SMILES string of the molecule is O=C(c1ccccc1)c1cc2sc3cc(-c4c(F)c(F)c(F)c(F)c4F)sc3c2s1. The molecule has 0 aliphatic rings. The van der Waals surface area contributed by atoms with Crippen LogP contribution in [-0.4, -0.2) is 5.78 Å². The van der Waals surface area contributed by atoms with Gasteiger partial charge in [0, 0.05) is 19.8 Å². The van der Waals surface area contributed by atoms with Gasteiger partial charge in [0.2, 0.25) is 11.6 Å². The molecule has 0 saturated carbocycles. The van der Waals surface area contributed by atoms with Gasteiger partial charge in [-0.2, -0.15) is 0 Å². The van der Waals surface area contributed by atoms with Gasteiger partial charge in [-0.15, -0.1) is 34.0 Å². The summed E-state index contributed by atoms with van der Waals surface area (Å²) in [7, 11) is 0. The molecule has 0 bridgehead atoms. The van der Waals surface area contributed by atoms with Crippen molar-refractivity contribution in [2.75, 3.05) is 0 Å². The molecule has 5 rings (SSSR count). The minimum Gasteiger partial charge on any atom is -0.288 e. The topological polar surface area (TPSA) is 17.1 Å². The van der Waals surface area contributed by atoms with Crippen molar-refractivity contribution in [3.8, 4) is 10.4 Å². The van der Waals surface area contributed by atoms with E-state index < -0.39 is 34.6 Å². The maximum Gasteiger partial charge on any atom is 0.203 e. The Morgan fingerprint density at radius 2 is 1.23 bits per heavy atom. The molecule has 0 spiro atoms. The van der Waals surface area contributed by atoms with E-state index in [2.05, 4.69) is 0 Å². The van der Waals surface area contributed by atoms with Crippen molar-refractivity contribution in [3.63, 3.8) is 0 Å². The fourth-order valence-electron chi connectivity index (χ4n) is 3.12. The fourth-order valence-corrected chi connectivity index (χ4v) is 7.14. The highest BCUT2D eigenvalue weighted by Gasteiger charge is 2.28. The molecule has 0 atom stereocenters. The second kappa shape index (κ2) is 6.97. The number of ketones is 1. The minimum atomic E-state index is -2.18. The summed E-state index contributed by atoms with van der Waals surface area (Å²) in [6, 6.07) is 11.9. The highest BCUT2D eigenvalue weighted by molar-refractivity contribution is 7.39. The number of carbonyl (C=O) groups is 1. The molecule has 150 valence electrons. The van der Waals surface area contributed by atoms with Gasteiger partial charge in [-0.1, -0.05) is 30.3 Å². The lowest BCUT2D eigenvalue weighted by molar-refractivity contribution is 0.104. The van der Waals surface area contributed by atoms with Gasteiger partial charge in [0.25, 0.3) is 0 Å². The second-order valence-electron chi connectivity index (χ2n) is 6.35. The Morgan fingerprint density at radius 1 is 0.667 bits per heavy atom. The summed E-state index contributed by atoms with van der Waals surface area (Å²) in [5, 5.41) is 0. The Morgan fingerprint density at radius 3 is 1.90 bits per heavy atom. The Kier molecular flexibility index (Phi) is 4.49. The van der Waals surface area contributed by atoms with Crippen LogP contribution >= 0.6 is 34.0 Å². The van der Waals surface area contributed by atoms with E-state index in [1.165, 1.54) is 28.7 Å². The average Bonchev–Trinajstić information content (AvgIpc) is 3.42. The number of benzene rings is 2. The lowest BCUT2D eigenvalue weighted by Crippen LogP contribution is -2.03. The van der Waals surface area contributed by atoms with Gasteiger partial charge >= 0.3 is 0 Å². The molecule has 1 nitrogen and oxygen atoms in total. The first-order valence-electron chi connectivity index (χ1n) is 8.44. The van der Waals surface area contributed by atoms with Gasteiger partial charge in [0.05, 0.1) is 19.8 Å². The lowest BCUT2D eigenvalue weighted by Gasteiger charge is -2.05. The van der Waals surface area contributed by atoms with Gasteiger partial charge in [0.1, 0.15) is 0 Å². The minimum absolute atomic E-state index is 0.0599. The monoisotopic (exact) mass is 466 g/mol. The smallest absolute Gasteiger partial charge is 0.203 e. The highest BCUT2D eigenvalue weighted by atomic mass is 32.1. The van der Waals surface area contributed by atoms with E-state index in [9.17, 15) is 26.7 Å². The number of hydrogen-bond donors (Lipinski definition) is 0. The predicted octanol–water partition coefficient (Wildman–Crippen LogP) is 7.77. The average molecular weight is 466 g/mol. The largest absolute Gasteiger partial charge is 0.288 e. The van der Waals surface area contributed by atoms with E-state index in [1.807, 2.05) is 0 Å². The molecule has 5 aromatic rings.